The van der Waals surface area contributed by atoms with Crippen molar-refractivity contribution in [2.45, 2.75) is 46.2 Å². The minimum atomic E-state index is -3.70. The molecule has 0 aromatic heterocycles. The van der Waals surface area contributed by atoms with Gasteiger partial charge >= 0.3 is 0 Å². The van der Waals surface area contributed by atoms with Crippen molar-refractivity contribution >= 4 is 21.6 Å². The van der Waals surface area contributed by atoms with Crippen LogP contribution in [0, 0.1) is 20.8 Å². The predicted octanol–water partition coefficient (Wildman–Crippen LogP) is 5.06. The predicted molar refractivity (Wildman–Crippen MR) is 135 cm³/mol. The Hall–Kier alpha value is -3.12. The molecule has 1 N–H and O–H groups in total. The van der Waals surface area contributed by atoms with Crippen LogP contribution >= 0.6 is 0 Å². The van der Waals surface area contributed by atoms with Crippen LogP contribution in [0.3, 0.4) is 0 Å². The van der Waals surface area contributed by atoms with Crippen molar-refractivity contribution in [3.63, 3.8) is 0 Å². The maximum Gasteiger partial charge on any atom is 0.244 e. The summed E-state index contributed by atoms with van der Waals surface area (Å²) in [6, 6.07) is 21.8. The number of carbonyl (C=O) groups is 1. The third-order valence-corrected chi connectivity index (χ3v) is 7.17. The second-order valence-corrected chi connectivity index (χ2v) is 10.3. The van der Waals surface area contributed by atoms with Crippen molar-refractivity contribution in [2.24, 2.45) is 0 Å². The maximum atomic E-state index is 13.6. The molecule has 0 bridgehead atoms. The number of sulfonamides is 1. The fraction of sp³-hybridized carbons (Fsp3) is 0.296. The van der Waals surface area contributed by atoms with E-state index in [0.29, 0.717) is 12.1 Å². The van der Waals surface area contributed by atoms with Gasteiger partial charge in [0, 0.05) is 0 Å². The quantitative estimate of drug-likeness (QED) is 0.507. The first kappa shape index (κ1) is 24.5. The Morgan fingerprint density at radius 3 is 2.09 bits per heavy atom. The van der Waals surface area contributed by atoms with Crippen molar-refractivity contribution in [1.29, 1.82) is 0 Å². The molecule has 3 aromatic carbocycles. The highest BCUT2D eigenvalue weighted by atomic mass is 32.2. The Morgan fingerprint density at radius 2 is 1.52 bits per heavy atom. The summed E-state index contributed by atoms with van der Waals surface area (Å²) in [7, 11) is -3.70. The van der Waals surface area contributed by atoms with Gasteiger partial charge < -0.3 is 5.32 Å². The molecule has 3 aromatic rings. The van der Waals surface area contributed by atoms with Gasteiger partial charge in [0.25, 0.3) is 0 Å². The maximum absolute atomic E-state index is 13.6. The summed E-state index contributed by atoms with van der Waals surface area (Å²) in [6.07, 6.45) is 1.48. The van der Waals surface area contributed by atoms with Gasteiger partial charge in [-0.05, 0) is 67.1 Å². The Bertz CT molecular complexity index is 1220. The summed E-state index contributed by atoms with van der Waals surface area (Å²) in [5, 5.41) is 3.14. The lowest BCUT2D eigenvalue weighted by molar-refractivity contribution is -0.122. The van der Waals surface area contributed by atoms with Gasteiger partial charge in [0.05, 0.1) is 18.0 Å². The fourth-order valence-electron chi connectivity index (χ4n) is 4.06. The number of hydrogen-bond acceptors (Lipinski definition) is 3. The summed E-state index contributed by atoms with van der Waals surface area (Å²) in [6.45, 7) is 7.74. The molecule has 1 amide bonds. The van der Waals surface area contributed by atoms with Crippen LogP contribution in [0.4, 0.5) is 5.69 Å². The Labute approximate surface area is 197 Å². The van der Waals surface area contributed by atoms with Gasteiger partial charge in [0.2, 0.25) is 15.9 Å². The summed E-state index contributed by atoms with van der Waals surface area (Å²) >= 11 is 0. The van der Waals surface area contributed by atoms with E-state index in [9.17, 15) is 13.2 Å². The number of carbonyl (C=O) groups excluding carboxylic acids is 1. The third kappa shape index (κ3) is 5.63. The number of rotatable bonds is 8. The summed E-state index contributed by atoms with van der Waals surface area (Å²) in [5.74, 6) is -0.335. The van der Waals surface area contributed by atoms with Crippen LogP contribution < -0.4 is 9.62 Å². The lowest BCUT2D eigenvalue weighted by atomic mass is 9.94. The monoisotopic (exact) mass is 464 g/mol. The van der Waals surface area contributed by atoms with Crippen molar-refractivity contribution in [1.82, 2.24) is 5.32 Å². The van der Waals surface area contributed by atoms with Crippen LogP contribution in [0.15, 0.2) is 72.8 Å². The first-order valence-corrected chi connectivity index (χ1v) is 13.0. The van der Waals surface area contributed by atoms with E-state index in [-0.39, 0.29) is 5.91 Å². The van der Waals surface area contributed by atoms with Crippen LogP contribution in [0.1, 0.15) is 47.2 Å². The lowest BCUT2D eigenvalue weighted by Gasteiger charge is -2.32. The number of amides is 1. The Balaban J connectivity index is 2.03. The molecule has 0 saturated carbocycles. The van der Waals surface area contributed by atoms with Crippen LogP contribution in [-0.2, 0) is 14.8 Å². The van der Waals surface area contributed by atoms with Crippen LogP contribution in [0.2, 0.25) is 0 Å². The average Bonchev–Trinajstić information content (AvgIpc) is 2.78. The Morgan fingerprint density at radius 1 is 0.879 bits per heavy atom. The minimum Gasteiger partial charge on any atom is -0.343 e. The summed E-state index contributed by atoms with van der Waals surface area (Å²) < 4.78 is 27.0. The molecule has 0 saturated heterocycles. The van der Waals surface area contributed by atoms with Crippen LogP contribution in [0.25, 0.3) is 0 Å². The topological polar surface area (TPSA) is 66.5 Å². The second kappa shape index (κ2) is 10.2. The van der Waals surface area contributed by atoms with Crippen molar-refractivity contribution < 1.29 is 13.2 Å². The van der Waals surface area contributed by atoms with E-state index in [1.54, 1.807) is 6.07 Å². The number of nitrogens with one attached hydrogen (secondary N) is 1. The number of anilines is 1. The van der Waals surface area contributed by atoms with E-state index in [2.05, 4.69) is 5.32 Å². The second-order valence-electron chi connectivity index (χ2n) is 8.46. The highest BCUT2D eigenvalue weighted by Gasteiger charge is 2.33. The molecule has 0 heterocycles. The van der Waals surface area contributed by atoms with Gasteiger partial charge in [-0.15, -0.1) is 0 Å². The number of nitrogens with zero attached hydrogens (tertiary/aromatic N) is 1. The molecule has 0 spiro atoms. The summed E-state index contributed by atoms with van der Waals surface area (Å²) in [4.78, 5) is 13.6. The van der Waals surface area contributed by atoms with Crippen LogP contribution in [-0.4, -0.2) is 26.6 Å². The van der Waals surface area contributed by atoms with E-state index >= 15 is 0 Å². The standard InChI is InChI=1S/C27H32N2O3S/c1-6-25(29(33(5,31)32)23-17-16-19(2)21(4)18-23)27(30)28-26(22-13-8-7-9-14-22)24-15-11-10-12-20(24)3/h7-18,25-26H,6H2,1-5H3,(H,28,30)/t25-,26-/m0/s1. The van der Waals surface area contributed by atoms with E-state index < -0.39 is 22.1 Å². The molecule has 5 nitrogen and oxygen atoms in total. The van der Waals surface area contributed by atoms with Gasteiger partial charge in [-0.1, -0.05) is 67.6 Å². The first-order valence-electron chi connectivity index (χ1n) is 11.1. The highest BCUT2D eigenvalue weighted by molar-refractivity contribution is 7.92. The molecule has 0 radical (unpaired) electrons. The fourth-order valence-corrected chi connectivity index (χ4v) is 5.26. The number of aryl methyl sites for hydroxylation is 3. The average molecular weight is 465 g/mol. The molecule has 0 unspecified atom stereocenters. The van der Waals surface area contributed by atoms with E-state index in [1.807, 2.05) is 94.4 Å². The van der Waals surface area contributed by atoms with E-state index in [0.717, 1.165) is 34.1 Å². The zero-order chi connectivity index (χ0) is 24.2. The zero-order valence-electron chi connectivity index (χ0n) is 19.9. The number of hydrogen-bond donors (Lipinski definition) is 1. The SMILES string of the molecule is CC[C@@H](C(=O)N[C@@H](c1ccccc1)c1ccccc1C)N(c1ccc(C)c(C)c1)S(C)(=O)=O. The summed E-state index contributed by atoms with van der Waals surface area (Å²) in [5.41, 5.74) is 5.49. The van der Waals surface area contributed by atoms with Gasteiger partial charge in [-0.3, -0.25) is 9.10 Å². The van der Waals surface area contributed by atoms with Crippen molar-refractivity contribution in [3.05, 3.63) is 101 Å². The lowest BCUT2D eigenvalue weighted by Crippen LogP contribution is -2.50. The van der Waals surface area contributed by atoms with Crippen LogP contribution in [0.5, 0.6) is 0 Å². The molecule has 0 aliphatic carbocycles. The van der Waals surface area contributed by atoms with Gasteiger partial charge in [0.1, 0.15) is 6.04 Å². The third-order valence-electron chi connectivity index (χ3n) is 5.99. The smallest absolute Gasteiger partial charge is 0.244 e. The molecular weight excluding hydrogens is 432 g/mol. The zero-order valence-corrected chi connectivity index (χ0v) is 20.7. The molecule has 0 aliphatic heterocycles. The van der Waals surface area contributed by atoms with Crippen molar-refractivity contribution in [2.75, 3.05) is 10.6 Å². The molecule has 0 aliphatic rings. The van der Waals surface area contributed by atoms with Gasteiger partial charge in [-0.2, -0.15) is 0 Å². The molecule has 6 heteroatoms. The molecule has 0 fully saturated rings. The minimum absolute atomic E-state index is 0.334. The van der Waals surface area contributed by atoms with Gasteiger partial charge in [-0.25, -0.2) is 8.42 Å². The Kier molecular flexibility index (Phi) is 7.59. The molecule has 33 heavy (non-hydrogen) atoms. The largest absolute Gasteiger partial charge is 0.343 e. The van der Waals surface area contributed by atoms with Crippen molar-refractivity contribution in [3.8, 4) is 0 Å². The first-order chi connectivity index (χ1) is 15.6. The number of benzene rings is 3. The van der Waals surface area contributed by atoms with Gasteiger partial charge in [0.15, 0.2) is 0 Å². The van der Waals surface area contributed by atoms with E-state index in [1.165, 1.54) is 4.31 Å². The molecular formula is C27H32N2O3S. The molecule has 3 rings (SSSR count). The molecule has 2 atom stereocenters. The highest BCUT2D eigenvalue weighted by Crippen LogP contribution is 2.28. The normalized spacial score (nSPS) is 13.2. The van der Waals surface area contributed by atoms with E-state index in [4.69, 9.17) is 0 Å². The molecule has 174 valence electrons.